The summed E-state index contributed by atoms with van der Waals surface area (Å²) in [5, 5.41) is 12.3. The van der Waals surface area contributed by atoms with Gasteiger partial charge in [-0.2, -0.15) is 0 Å². The molecule has 2 rings (SSSR count). The molecule has 1 heterocycles. The van der Waals surface area contributed by atoms with E-state index in [-0.39, 0.29) is 19.7 Å². The highest BCUT2D eigenvalue weighted by atomic mass is 35.5. The van der Waals surface area contributed by atoms with Crippen LogP contribution in [0.3, 0.4) is 0 Å². The van der Waals surface area contributed by atoms with Crippen molar-refractivity contribution in [2.24, 2.45) is 0 Å². The summed E-state index contributed by atoms with van der Waals surface area (Å²) < 4.78 is 12.7. The Labute approximate surface area is 107 Å². The Bertz CT molecular complexity index is 394. The molecule has 0 unspecified atom stereocenters. The van der Waals surface area contributed by atoms with Crippen LogP contribution in [0.25, 0.3) is 0 Å². The van der Waals surface area contributed by atoms with Gasteiger partial charge >= 0.3 is 7.40 Å². The number of carbonyl (C=O) groups is 1. The summed E-state index contributed by atoms with van der Waals surface area (Å²) in [5.41, 5.74) is -0.0177. The zero-order valence-corrected chi connectivity index (χ0v) is 10.0. The molecule has 5 heteroatoms. The molecule has 0 bridgehead atoms. The SMILES string of the molecule is O=C(O)[C@]1(Cc2ccc(F)cc2)CCCN1.[Cl-].[H+]. The van der Waals surface area contributed by atoms with Crippen LogP contribution in [0.15, 0.2) is 24.3 Å². The van der Waals surface area contributed by atoms with Crippen LogP contribution in [0, 0.1) is 5.82 Å². The molecule has 0 radical (unpaired) electrons. The predicted octanol–water partition coefficient (Wildman–Crippen LogP) is -1.31. The van der Waals surface area contributed by atoms with Gasteiger partial charge in [-0.05, 0) is 37.1 Å². The molecule has 1 aromatic rings. The van der Waals surface area contributed by atoms with Gasteiger partial charge in [0.15, 0.2) is 0 Å². The van der Waals surface area contributed by atoms with E-state index in [1.165, 1.54) is 12.1 Å². The normalized spacial score (nSPS) is 23.1. The first kappa shape index (κ1) is 13.9. The second kappa shape index (κ2) is 5.47. The lowest BCUT2D eigenvalue weighted by Crippen LogP contribution is -3.00. The number of rotatable bonds is 3. The largest absolute Gasteiger partial charge is 1.00 e. The summed E-state index contributed by atoms with van der Waals surface area (Å²) in [4.78, 5) is 11.3. The van der Waals surface area contributed by atoms with Gasteiger partial charge in [0.05, 0.1) is 0 Å². The number of halogens is 2. The fraction of sp³-hybridized carbons (Fsp3) is 0.417. The van der Waals surface area contributed by atoms with Gasteiger partial charge in [-0.3, -0.25) is 4.79 Å². The quantitative estimate of drug-likeness (QED) is 0.709. The highest BCUT2D eigenvalue weighted by Gasteiger charge is 2.40. The Morgan fingerprint density at radius 1 is 1.47 bits per heavy atom. The highest BCUT2D eigenvalue weighted by Crippen LogP contribution is 2.24. The Morgan fingerprint density at radius 3 is 2.59 bits per heavy atom. The zero-order valence-electron chi connectivity index (χ0n) is 10.2. The molecule has 94 valence electrons. The fourth-order valence-electron chi connectivity index (χ4n) is 2.17. The molecule has 0 aliphatic carbocycles. The van der Waals surface area contributed by atoms with Gasteiger partial charge in [0.1, 0.15) is 11.4 Å². The maximum atomic E-state index is 12.7. The van der Waals surface area contributed by atoms with Gasteiger partial charge in [0.2, 0.25) is 0 Å². The lowest BCUT2D eigenvalue weighted by molar-refractivity contribution is -0.144. The molecule has 17 heavy (non-hydrogen) atoms. The molecular weight excluding hydrogens is 245 g/mol. The van der Waals surface area contributed by atoms with Crippen LogP contribution in [0.1, 0.15) is 19.8 Å². The average molecular weight is 260 g/mol. The van der Waals surface area contributed by atoms with Gasteiger partial charge in [0, 0.05) is 6.42 Å². The third-order valence-corrected chi connectivity index (χ3v) is 3.07. The number of carboxylic acid groups (broad SMARTS) is 1. The number of nitrogens with one attached hydrogen (secondary N) is 1. The molecule has 0 spiro atoms. The summed E-state index contributed by atoms with van der Waals surface area (Å²) in [6.45, 7) is 0.730. The van der Waals surface area contributed by atoms with Crippen molar-refractivity contribution in [1.82, 2.24) is 5.32 Å². The molecule has 1 aromatic carbocycles. The number of hydrogen-bond acceptors (Lipinski definition) is 2. The Balaban J connectivity index is 0.00000144. The van der Waals surface area contributed by atoms with Crippen molar-refractivity contribution in [3.05, 3.63) is 35.6 Å². The minimum atomic E-state index is -0.863. The molecule has 1 fully saturated rings. The standard InChI is InChI=1S/C12H14FNO2.ClH/c13-10-4-2-9(3-5-10)8-12(11(15)16)6-1-7-14-12;/h2-5,14H,1,6-8H2,(H,15,16);1H/t12-;/m1./s1. The van der Waals surface area contributed by atoms with Gasteiger partial charge in [-0.1, -0.05) is 12.1 Å². The molecule has 0 amide bonds. The molecule has 2 N–H and O–H groups in total. The summed E-state index contributed by atoms with van der Waals surface area (Å²) >= 11 is 0. The molecule has 1 atom stereocenters. The molecule has 0 saturated carbocycles. The minimum absolute atomic E-state index is 0. The number of aliphatic carboxylic acids is 1. The van der Waals surface area contributed by atoms with E-state index in [1.807, 2.05) is 0 Å². The Kier molecular flexibility index (Phi) is 4.48. The monoisotopic (exact) mass is 259 g/mol. The topological polar surface area (TPSA) is 49.3 Å². The van der Waals surface area contributed by atoms with E-state index < -0.39 is 11.5 Å². The summed E-state index contributed by atoms with van der Waals surface area (Å²) in [5.74, 6) is -1.12. The first-order chi connectivity index (χ1) is 7.62. The molecule has 3 nitrogen and oxygen atoms in total. The van der Waals surface area contributed by atoms with Gasteiger partial charge in [-0.25, -0.2) is 4.39 Å². The maximum absolute atomic E-state index is 12.7. The van der Waals surface area contributed by atoms with E-state index in [2.05, 4.69) is 5.32 Å². The van der Waals surface area contributed by atoms with Crippen LogP contribution in [-0.4, -0.2) is 23.2 Å². The van der Waals surface area contributed by atoms with Gasteiger partial charge in [-0.15, -0.1) is 0 Å². The van der Waals surface area contributed by atoms with Crippen molar-refractivity contribution in [3.63, 3.8) is 0 Å². The van der Waals surface area contributed by atoms with Crippen LogP contribution in [0.4, 0.5) is 4.39 Å². The van der Waals surface area contributed by atoms with Gasteiger partial charge < -0.3 is 22.8 Å². The fourth-order valence-corrected chi connectivity index (χ4v) is 2.17. The van der Waals surface area contributed by atoms with Crippen LogP contribution in [0.5, 0.6) is 0 Å². The van der Waals surface area contributed by atoms with E-state index in [4.69, 9.17) is 0 Å². The molecule has 1 aliphatic heterocycles. The van der Waals surface area contributed by atoms with Gasteiger partial charge in [0.25, 0.3) is 0 Å². The van der Waals surface area contributed by atoms with E-state index in [0.717, 1.165) is 18.5 Å². The lowest BCUT2D eigenvalue weighted by Gasteiger charge is -2.24. The van der Waals surface area contributed by atoms with Crippen molar-refractivity contribution in [3.8, 4) is 0 Å². The predicted molar refractivity (Wildman–Crippen MR) is 58.8 cm³/mol. The third-order valence-electron chi connectivity index (χ3n) is 3.07. The van der Waals surface area contributed by atoms with Crippen molar-refractivity contribution in [2.75, 3.05) is 6.54 Å². The second-order valence-corrected chi connectivity index (χ2v) is 4.22. The summed E-state index contributed by atoms with van der Waals surface area (Å²) in [6.07, 6.45) is 1.90. The molecule has 1 aliphatic rings. The van der Waals surface area contributed by atoms with Crippen LogP contribution >= 0.6 is 0 Å². The minimum Gasteiger partial charge on any atom is -1.00 e. The van der Waals surface area contributed by atoms with E-state index in [0.29, 0.717) is 12.8 Å². The number of carboxylic acids is 1. The van der Waals surface area contributed by atoms with E-state index >= 15 is 0 Å². The van der Waals surface area contributed by atoms with Crippen LogP contribution < -0.4 is 17.7 Å². The summed E-state index contributed by atoms with van der Waals surface area (Å²) in [6, 6.07) is 6.00. The van der Waals surface area contributed by atoms with E-state index in [9.17, 15) is 14.3 Å². The molecule has 1 saturated heterocycles. The third kappa shape index (κ3) is 2.96. The highest BCUT2D eigenvalue weighted by molar-refractivity contribution is 5.79. The van der Waals surface area contributed by atoms with Crippen molar-refractivity contribution < 1.29 is 28.1 Å². The van der Waals surface area contributed by atoms with E-state index in [1.54, 1.807) is 12.1 Å². The molecule has 0 aromatic heterocycles. The van der Waals surface area contributed by atoms with Crippen molar-refractivity contribution in [1.29, 1.82) is 0 Å². The molecular formula is C12H15ClFNO2. The zero-order chi connectivity index (χ0) is 11.6. The lowest BCUT2D eigenvalue weighted by atomic mass is 9.89. The van der Waals surface area contributed by atoms with Crippen molar-refractivity contribution >= 4 is 5.97 Å². The first-order valence-corrected chi connectivity index (χ1v) is 5.35. The summed E-state index contributed by atoms with van der Waals surface area (Å²) in [7, 11) is 0. The van der Waals surface area contributed by atoms with Crippen LogP contribution in [0.2, 0.25) is 0 Å². The number of hydrogen-bond donors (Lipinski definition) is 2. The number of benzene rings is 1. The maximum Gasteiger partial charge on any atom is 1.00 e. The second-order valence-electron chi connectivity index (χ2n) is 4.22. The van der Waals surface area contributed by atoms with Crippen molar-refractivity contribution in [2.45, 2.75) is 24.8 Å². The Hall–Kier alpha value is -1.13. The van der Waals surface area contributed by atoms with Crippen LogP contribution in [-0.2, 0) is 11.2 Å². The Morgan fingerprint density at radius 2 is 2.12 bits per heavy atom. The average Bonchev–Trinajstić information content (AvgIpc) is 2.71. The first-order valence-electron chi connectivity index (χ1n) is 5.35. The smallest absolute Gasteiger partial charge is 1.00 e.